The van der Waals surface area contributed by atoms with Gasteiger partial charge in [-0.05, 0) is 19.3 Å². The van der Waals surface area contributed by atoms with Crippen molar-refractivity contribution in [3.8, 4) is 0 Å². The third-order valence-electron chi connectivity index (χ3n) is 2.19. The SMILES string of the molecule is CCC(O)CCCOC(=O)C(O)C(O)C(=O)O. The molecule has 0 rings (SSSR count). The average molecular weight is 250 g/mol. The standard InChI is InChI=1S/C10H18O7/c1-2-6(11)4-3-5-17-10(16)8(13)7(12)9(14)15/h6-8,11-13H,2-5H2,1H3,(H,14,15). The Morgan fingerprint density at radius 2 is 1.76 bits per heavy atom. The smallest absolute Gasteiger partial charge is 0.338 e. The van der Waals surface area contributed by atoms with Gasteiger partial charge in [-0.3, -0.25) is 0 Å². The molecule has 7 heteroatoms. The molecule has 0 heterocycles. The van der Waals surface area contributed by atoms with E-state index < -0.39 is 30.3 Å². The third-order valence-corrected chi connectivity index (χ3v) is 2.19. The zero-order valence-corrected chi connectivity index (χ0v) is 9.57. The van der Waals surface area contributed by atoms with Crippen LogP contribution in [0.2, 0.25) is 0 Å². The van der Waals surface area contributed by atoms with Crippen LogP contribution in [0.5, 0.6) is 0 Å². The van der Waals surface area contributed by atoms with E-state index in [-0.39, 0.29) is 6.61 Å². The molecule has 100 valence electrons. The van der Waals surface area contributed by atoms with Gasteiger partial charge in [0.2, 0.25) is 0 Å². The van der Waals surface area contributed by atoms with Crippen molar-refractivity contribution in [1.29, 1.82) is 0 Å². The zero-order valence-electron chi connectivity index (χ0n) is 9.57. The van der Waals surface area contributed by atoms with Crippen LogP contribution in [-0.2, 0) is 14.3 Å². The van der Waals surface area contributed by atoms with Gasteiger partial charge in [-0.25, -0.2) is 9.59 Å². The second kappa shape index (κ2) is 7.99. The van der Waals surface area contributed by atoms with Gasteiger partial charge in [0.25, 0.3) is 0 Å². The molecule has 0 aromatic heterocycles. The Morgan fingerprint density at radius 1 is 1.18 bits per heavy atom. The summed E-state index contributed by atoms with van der Waals surface area (Å²) in [5, 5.41) is 35.4. The highest BCUT2D eigenvalue weighted by atomic mass is 16.5. The molecule has 0 bridgehead atoms. The van der Waals surface area contributed by atoms with Gasteiger partial charge in [0.15, 0.2) is 12.2 Å². The summed E-state index contributed by atoms with van der Waals surface area (Å²) in [5.74, 6) is -2.89. The normalized spacial score (nSPS) is 16.0. The maximum absolute atomic E-state index is 11.0. The molecule has 0 radical (unpaired) electrons. The molecule has 7 nitrogen and oxygen atoms in total. The van der Waals surface area contributed by atoms with Gasteiger partial charge in [-0.15, -0.1) is 0 Å². The molecule has 0 amide bonds. The summed E-state index contributed by atoms with van der Waals surface area (Å²) in [4.78, 5) is 21.3. The molecule has 0 saturated heterocycles. The van der Waals surface area contributed by atoms with Crippen LogP contribution < -0.4 is 0 Å². The number of carboxylic acid groups (broad SMARTS) is 1. The van der Waals surface area contributed by atoms with Crippen LogP contribution in [0.4, 0.5) is 0 Å². The number of rotatable bonds is 8. The Balaban J connectivity index is 3.83. The number of hydrogen-bond donors (Lipinski definition) is 4. The lowest BCUT2D eigenvalue weighted by Gasteiger charge is -2.13. The van der Waals surface area contributed by atoms with E-state index in [0.29, 0.717) is 19.3 Å². The minimum Gasteiger partial charge on any atom is -0.479 e. The van der Waals surface area contributed by atoms with Gasteiger partial charge >= 0.3 is 11.9 Å². The van der Waals surface area contributed by atoms with E-state index in [9.17, 15) is 14.7 Å². The van der Waals surface area contributed by atoms with Crippen LogP contribution in [0, 0.1) is 0 Å². The lowest BCUT2D eigenvalue weighted by Crippen LogP contribution is -2.40. The van der Waals surface area contributed by atoms with E-state index in [1.165, 1.54) is 0 Å². The lowest BCUT2D eigenvalue weighted by molar-refractivity contribution is -0.169. The number of carbonyl (C=O) groups excluding carboxylic acids is 1. The highest BCUT2D eigenvalue weighted by Crippen LogP contribution is 2.03. The number of aliphatic hydroxyl groups excluding tert-OH is 3. The first-order valence-electron chi connectivity index (χ1n) is 5.33. The van der Waals surface area contributed by atoms with Gasteiger partial charge in [0.05, 0.1) is 12.7 Å². The van der Waals surface area contributed by atoms with Crippen molar-refractivity contribution in [3.05, 3.63) is 0 Å². The van der Waals surface area contributed by atoms with Crippen molar-refractivity contribution >= 4 is 11.9 Å². The van der Waals surface area contributed by atoms with Crippen molar-refractivity contribution in [2.24, 2.45) is 0 Å². The summed E-state index contributed by atoms with van der Waals surface area (Å²) in [6.07, 6.45) is -3.32. The van der Waals surface area contributed by atoms with E-state index >= 15 is 0 Å². The average Bonchev–Trinajstić information content (AvgIpc) is 2.31. The second-order valence-electron chi connectivity index (χ2n) is 3.60. The van der Waals surface area contributed by atoms with Crippen LogP contribution >= 0.6 is 0 Å². The van der Waals surface area contributed by atoms with E-state index in [4.69, 9.17) is 15.3 Å². The number of aliphatic carboxylic acids is 1. The molecule has 3 atom stereocenters. The summed E-state index contributed by atoms with van der Waals surface area (Å²) < 4.78 is 4.55. The minimum atomic E-state index is -2.19. The van der Waals surface area contributed by atoms with Gasteiger partial charge in [0.1, 0.15) is 0 Å². The van der Waals surface area contributed by atoms with Crippen LogP contribution in [0.1, 0.15) is 26.2 Å². The third kappa shape index (κ3) is 6.20. The van der Waals surface area contributed by atoms with Gasteiger partial charge < -0.3 is 25.2 Å². The molecule has 0 aliphatic rings. The Labute approximate surface area is 98.6 Å². The topological polar surface area (TPSA) is 124 Å². The molecule has 0 saturated carbocycles. The number of esters is 1. The fourth-order valence-electron chi connectivity index (χ4n) is 1.05. The predicted octanol–water partition coefficient (Wildman–Crippen LogP) is -1.11. The maximum atomic E-state index is 11.0. The molecule has 3 unspecified atom stereocenters. The highest BCUT2D eigenvalue weighted by Gasteiger charge is 2.31. The summed E-state index contributed by atoms with van der Waals surface area (Å²) in [7, 11) is 0. The molecule has 0 aromatic carbocycles. The molecule has 0 aliphatic carbocycles. The van der Waals surface area contributed by atoms with Crippen molar-refractivity contribution in [1.82, 2.24) is 0 Å². The van der Waals surface area contributed by atoms with E-state index in [1.54, 1.807) is 0 Å². The largest absolute Gasteiger partial charge is 0.479 e. The first-order chi connectivity index (χ1) is 7.90. The van der Waals surface area contributed by atoms with Crippen molar-refractivity contribution in [2.45, 2.75) is 44.5 Å². The number of carbonyl (C=O) groups is 2. The van der Waals surface area contributed by atoms with Gasteiger partial charge in [0, 0.05) is 0 Å². The highest BCUT2D eigenvalue weighted by molar-refractivity contribution is 5.84. The Hall–Kier alpha value is -1.18. The Kier molecular flexibility index (Phi) is 7.44. The van der Waals surface area contributed by atoms with Crippen LogP contribution in [-0.4, -0.2) is 57.3 Å². The number of ether oxygens (including phenoxy) is 1. The van der Waals surface area contributed by atoms with Crippen molar-refractivity contribution < 1.29 is 34.8 Å². The zero-order chi connectivity index (χ0) is 13.4. The molecule has 0 fully saturated rings. The second-order valence-corrected chi connectivity index (χ2v) is 3.60. The van der Waals surface area contributed by atoms with E-state index in [1.807, 2.05) is 6.92 Å². The number of aliphatic hydroxyl groups is 3. The van der Waals surface area contributed by atoms with Crippen molar-refractivity contribution in [2.75, 3.05) is 6.61 Å². The summed E-state index contributed by atoms with van der Waals surface area (Å²) in [6, 6.07) is 0. The summed E-state index contributed by atoms with van der Waals surface area (Å²) in [6.45, 7) is 1.77. The first-order valence-corrected chi connectivity index (χ1v) is 5.33. The van der Waals surface area contributed by atoms with Gasteiger partial charge in [-0.1, -0.05) is 6.92 Å². The Bertz CT molecular complexity index is 253. The summed E-state index contributed by atoms with van der Waals surface area (Å²) in [5.41, 5.74) is 0. The minimum absolute atomic E-state index is 0.0424. The summed E-state index contributed by atoms with van der Waals surface area (Å²) >= 11 is 0. The molecule has 0 spiro atoms. The lowest BCUT2D eigenvalue weighted by atomic mass is 10.1. The number of hydrogen-bond acceptors (Lipinski definition) is 6. The number of carboxylic acids is 1. The Morgan fingerprint density at radius 3 is 2.24 bits per heavy atom. The predicted molar refractivity (Wildman–Crippen MR) is 56.1 cm³/mol. The van der Waals surface area contributed by atoms with E-state index in [2.05, 4.69) is 4.74 Å². The molecule has 4 N–H and O–H groups in total. The van der Waals surface area contributed by atoms with Crippen LogP contribution in [0.3, 0.4) is 0 Å². The molecular weight excluding hydrogens is 232 g/mol. The van der Waals surface area contributed by atoms with Crippen LogP contribution in [0.15, 0.2) is 0 Å². The fraction of sp³-hybridized carbons (Fsp3) is 0.800. The quantitative estimate of drug-likeness (QED) is 0.318. The molecule has 0 aromatic rings. The van der Waals surface area contributed by atoms with Crippen LogP contribution in [0.25, 0.3) is 0 Å². The first kappa shape index (κ1) is 15.8. The van der Waals surface area contributed by atoms with E-state index in [0.717, 1.165) is 0 Å². The van der Waals surface area contributed by atoms with Gasteiger partial charge in [-0.2, -0.15) is 0 Å². The molecular formula is C10H18O7. The fourth-order valence-corrected chi connectivity index (χ4v) is 1.05. The maximum Gasteiger partial charge on any atom is 0.338 e. The molecule has 0 aliphatic heterocycles. The van der Waals surface area contributed by atoms with Crippen molar-refractivity contribution in [3.63, 3.8) is 0 Å². The monoisotopic (exact) mass is 250 g/mol. The molecule has 17 heavy (non-hydrogen) atoms.